The van der Waals surface area contributed by atoms with Gasteiger partial charge in [0.15, 0.2) is 10.4 Å². The SMILES string of the molecule is COc1ccc2[nH]c(=S)n(CC3CCSC3)c2n1. The van der Waals surface area contributed by atoms with Crippen molar-refractivity contribution >= 4 is 35.1 Å². The second-order valence-corrected chi connectivity index (χ2v) is 6.03. The minimum atomic E-state index is 0.631. The van der Waals surface area contributed by atoms with E-state index in [2.05, 4.69) is 14.5 Å². The van der Waals surface area contributed by atoms with Gasteiger partial charge in [0.05, 0.1) is 12.6 Å². The highest BCUT2D eigenvalue weighted by Gasteiger charge is 2.18. The number of aromatic amines is 1. The molecule has 1 aliphatic heterocycles. The van der Waals surface area contributed by atoms with Crippen LogP contribution >= 0.6 is 24.0 Å². The monoisotopic (exact) mass is 281 g/mol. The van der Waals surface area contributed by atoms with Gasteiger partial charge in [-0.05, 0) is 42.1 Å². The Hall–Kier alpha value is -1.01. The second kappa shape index (κ2) is 4.93. The van der Waals surface area contributed by atoms with Gasteiger partial charge in [0.25, 0.3) is 0 Å². The van der Waals surface area contributed by atoms with Gasteiger partial charge in [-0.3, -0.25) is 0 Å². The number of fused-ring (bicyclic) bond motifs is 1. The molecule has 2 aromatic rings. The van der Waals surface area contributed by atoms with Crippen LogP contribution in [0.4, 0.5) is 0 Å². The molecule has 1 atom stereocenters. The van der Waals surface area contributed by atoms with Crippen molar-refractivity contribution < 1.29 is 4.74 Å². The lowest BCUT2D eigenvalue weighted by atomic mass is 10.1. The standard InChI is InChI=1S/C12H15N3OS2/c1-16-10-3-2-9-11(14-10)15(12(17)13-9)6-8-4-5-18-7-8/h2-3,8H,4-7H2,1H3,(H,13,17). The first kappa shape index (κ1) is 12.0. The topological polar surface area (TPSA) is 42.8 Å². The van der Waals surface area contributed by atoms with E-state index in [0.29, 0.717) is 11.8 Å². The smallest absolute Gasteiger partial charge is 0.215 e. The Labute approximate surface area is 115 Å². The molecular weight excluding hydrogens is 266 g/mol. The van der Waals surface area contributed by atoms with Gasteiger partial charge in [0.2, 0.25) is 5.88 Å². The van der Waals surface area contributed by atoms with Crippen molar-refractivity contribution in [2.45, 2.75) is 13.0 Å². The molecular formula is C12H15N3OS2. The molecule has 1 fully saturated rings. The Morgan fingerprint density at radius 1 is 1.61 bits per heavy atom. The van der Waals surface area contributed by atoms with Gasteiger partial charge in [0.1, 0.15) is 0 Å². The van der Waals surface area contributed by atoms with Crippen LogP contribution in [0.5, 0.6) is 5.88 Å². The van der Waals surface area contributed by atoms with E-state index >= 15 is 0 Å². The van der Waals surface area contributed by atoms with Gasteiger partial charge in [-0.15, -0.1) is 0 Å². The normalized spacial score (nSPS) is 19.5. The van der Waals surface area contributed by atoms with Gasteiger partial charge < -0.3 is 14.3 Å². The Kier molecular flexibility index (Phi) is 3.30. The molecule has 2 aromatic heterocycles. The third-order valence-electron chi connectivity index (χ3n) is 3.27. The highest BCUT2D eigenvalue weighted by atomic mass is 32.2. The highest BCUT2D eigenvalue weighted by Crippen LogP contribution is 2.26. The number of nitrogens with one attached hydrogen (secondary N) is 1. The Bertz CT molecular complexity index is 613. The van der Waals surface area contributed by atoms with Gasteiger partial charge >= 0.3 is 0 Å². The number of hydrogen-bond donors (Lipinski definition) is 1. The molecule has 4 nitrogen and oxygen atoms in total. The van der Waals surface area contributed by atoms with E-state index in [0.717, 1.165) is 22.5 Å². The lowest BCUT2D eigenvalue weighted by Gasteiger charge is -2.10. The minimum Gasteiger partial charge on any atom is -0.481 e. The number of hydrogen-bond acceptors (Lipinski definition) is 4. The first-order valence-corrected chi connectivity index (χ1v) is 7.55. The molecule has 0 radical (unpaired) electrons. The Morgan fingerprint density at radius 3 is 3.22 bits per heavy atom. The molecule has 0 spiro atoms. The lowest BCUT2D eigenvalue weighted by Crippen LogP contribution is -2.10. The maximum Gasteiger partial charge on any atom is 0.215 e. The van der Waals surface area contributed by atoms with Crippen molar-refractivity contribution in [2.24, 2.45) is 5.92 Å². The van der Waals surface area contributed by atoms with Crippen molar-refractivity contribution in [2.75, 3.05) is 18.6 Å². The largest absolute Gasteiger partial charge is 0.481 e. The molecule has 0 amide bonds. The van der Waals surface area contributed by atoms with Crippen molar-refractivity contribution in [3.63, 3.8) is 0 Å². The Morgan fingerprint density at radius 2 is 2.50 bits per heavy atom. The number of rotatable bonds is 3. The van der Waals surface area contributed by atoms with Crippen molar-refractivity contribution in [1.82, 2.24) is 14.5 Å². The van der Waals surface area contributed by atoms with E-state index in [1.807, 2.05) is 23.9 Å². The summed E-state index contributed by atoms with van der Waals surface area (Å²) in [5.74, 6) is 3.81. The minimum absolute atomic E-state index is 0.631. The first-order chi connectivity index (χ1) is 8.78. The first-order valence-electron chi connectivity index (χ1n) is 5.99. The fourth-order valence-electron chi connectivity index (χ4n) is 2.28. The molecule has 18 heavy (non-hydrogen) atoms. The van der Waals surface area contributed by atoms with Gasteiger partial charge in [-0.25, -0.2) is 0 Å². The fraction of sp³-hybridized carbons (Fsp3) is 0.500. The van der Waals surface area contributed by atoms with E-state index in [-0.39, 0.29) is 0 Å². The summed E-state index contributed by atoms with van der Waals surface area (Å²) in [4.78, 5) is 7.70. The number of nitrogens with zero attached hydrogens (tertiary/aromatic N) is 2. The summed E-state index contributed by atoms with van der Waals surface area (Å²) in [5, 5.41) is 0. The predicted molar refractivity (Wildman–Crippen MR) is 76.9 cm³/mol. The van der Waals surface area contributed by atoms with E-state index in [1.165, 1.54) is 17.9 Å². The second-order valence-electron chi connectivity index (χ2n) is 4.50. The molecule has 1 unspecified atom stereocenters. The number of thioether (sulfide) groups is 1. The zero-order valence-electron chi connectivity index (χ0n) is 10.2. The zero-order chi connectivity index (χ0) is 12.5. The van der Waals surface area contributed by atoms with Crippen LogP contribution in [0.15, 0.2) is 12.1 Å². The van der Waals surface area contributed by atoms with Crippen LogP contribution in [0.3, 0.4) is 0 Å². The van der Waals surface area contributed by atoms with Crippen LogP contribution in [0.25, 0.3) is 11.2 Å². The average Bonchev–Trinajstić information content (AvgIpc) is 2.99. The van der Waals surface area contributed by atoms with Crippen molar-refractivity contribution in [3.8, 4) is 5.88 Å². The van der Waals surface area contributed by atoms with Crippen molar-refractivity contribution in [3.05, 3.63) is 16.9 Å². The summed E-state index contributed by atoms with van der Waals surface area (Å²) in [5.41, 5.74) is 1.88. The molecule has 3 rings (SSSR count). The average molecular weight is 281 g/mol. The summed E-state index contributed by atoms with van der Waals surface area (Å²) in [6.45, 7) is 0.950. The maximum atomic E-state index is 5.39. The van der Waals surface area contributed by atoms with E-state index in [9.17, 15) is 0 Å². The number of imidazole rings is 1. The zero-order valence-corrected chi connectivity index (χ0v) is 11.8. The maximum absolute atomic E-state index is 5.39. The summed E-state index contributed by atoms with van der Waals surface area (Å²) in [7, 11) is 1.63. The molecule has 0 bridgehead atoms. The van der Waals surface area contributed by atoms with E-state index in [1.54, 1.807) is 7.11 Å². The molecule has 1 aliphatic rings. The van der Waals surface area contributed by atoms with E-state index in [4.69, 9.17) is 17.0 Å². The van der Waals surface area contributed by atoms with Crippen LogP contribution in [0.1, 0.15) is 6.42 Å². The number of aromatic nitrogens is 3. The molecule has 6 heteroatoms. The molecule has 0 aliphatic carbocycles. The summed E-state index contributed by atoms with van der Waals surface area (Å²) in [6.07, 6.45) is 1.27. The molecule has 0 saturated carbocycles. The van der Waals surface area contributed by atoms with Gasteiger partial charge in [-0.2, -0.15) is 16.7 Å². The van der Waals surface area contributed by atoms with Gasteiger partial charge in [-0.1, -0.05) is 0 Å². The van der Waals surface area contributed by atoms with Crippen LogP contribution in [0, 0.1) is 10.7 Å². The third kappa shape index (κ3) is 2.14. The quantitative estimate of drug-likeness (QED) is 0.879. The van der Waals surface area contributed by atoms with E-state index < -0.39 is 0 Å². The number of ether oxygens (including phenoxy) is 1. The molecule has 1 saturated heterocycles. The number of H-pyrrole nitrogens is 1. The Balaban J connectivity index is 2.02. The van der Waals surface area contributed by atoms with Crippen molar-refractivity contribution in [1.29, 1.82) is 0 Å². The summed E-state index contributed by atoms with van der Waals surface area (Å²) >= 11 is 7.41. The molecule has 3 heterocycles. The van der Waals surface area contributed by atoms with Crippen LogP contribution < -0.4 is 4.74 Å². The number of methoxy groups -OCH3 is 1. The van der Waals surface area contributed by atoms with Crippen LogP contribution in [0.2, 0.25) is 0 Å². The molecule has 96 valence electrons. The predicted octanol–water partition coefficient (Wildman–Crippen LogP) is 2.86. The fourth-order valence-corrected chi connectivity index (χ4v) is 3.82. The molecule has 1 N–H and O–H groups in total. The highest BCUT2D eigenvalue weighted by molar-refractivity contribution is 7.99. The number of pyridine rings is 1. The van der Waals surface area contributed by atoms with Crippen LogP contribution in [-0.2, 0) is 6.54 Å². The third-order valence-corrected chi connectivity index (χ3v) is 4.82. The van der Waals surface area contributed by atoms with Crippen LogP contribution in [-0.4, -0.2) is 33.2 Å². The summed E-state index contributed by atoms with van der Waals surface area (Å²) < 4.78 is 8.03. The lowest BCUT2D eigenvalue weighted by molar-refractivity contribution is 0.398. The summed E-state index contributed by atoms with van der Waals surface area (Å²) in [6, 6.07) is 3.82. The van der Waals surface area contributed by atoms with Gasteiger partial charge in [0, 0.05) is 12.6 Å². The molecule has 0 aromatic carbocycles.